The topological polar surface area (TPSA) is 116 Å². The summed E-state index contributed by atoms with van der Waals surface area (Å²) in [6.07, 6.45) is 8.87. The van der Waals surface area contributed by atoms with Crippen molar-refractivity contribution in [3.05, 3.63) is 0 Å². The maximum Gasteiger partial charge on any atom is 0.259 e. The number of hydrogen-bond donors (Lipinski definition) is 1. The monoisotopic (exact) mass is 856 g/mol. The van der Waals surface area contributed by atoms with E-state index in [-0.39, 0.29) is 47.9 Å². The van der Waals surface area contributed by atoms with E-state index in [0.29, 0.717) is 124 Å². The van der Waals surface area contributed by atoms with Crippen LogP contribution in [0.2, 0.25) is 0 Å². The smallest absolute Gasteiger partial charge is 0.259 e. The Bertz CT molecular complexity index is 631. The number of hydrogen-bond acceptors (Lipinski definition) is 12. The fraction of sp³-hybridized carbons (Fsp3) is 1.00. The first-order valence-electron chi connectivity index (χ1n) is 18.6. The molecule has 0 saturated heterocycles. The fourth-order valence-electron chi connectivity index (χ4n) is 4.53. The van der Waals surface area contributed by atoms with Gasteiger partial charge in [-0.15, -0.1) is 0 Å². The molecule has 0 aromatic heterocycles. The van der Waals surface area contributed by atoms with Crippen molar-refractivity contribution >= 4 is 8.53 Å². The molecule has 1 radical (unpaired) electrons. The summed E-state index contributed by atoms with van der Waals surface area (Å²) in [7, 11) is -1.05. The predicted octanol–water partition coefficient (Wildman–Crippen LogP) is 7.27. The second kappa shape index (κ2) is 39.0. The Kier molecular flexibility index (Phi) is 41.7. The third-order valence-corrected chi connectivity index (χ3v) is 9.00. The van der Waals surface area contributed by atoms with Gasteiger partial charge in [-0.2, -0.15) is 0 Å². The molecule has 1 atom stereocenters. The van der Waals surface area contributed by atoms with Crippen molar-refractivity contribution in [1.82, 2.24) is 4.67 Å². The molecule has 14 heteroatoms. The van der Waals surface area contributed by atoms with E-state index >= 15 is 0 Å². The third-order valence-electron chi connectivity index (χ3n) is 6.89. The van der Waals surface area contributed by atoms with Crippen LogP contribution in [-0.4, -0.2) is 121 Å². The van der Waals surface area contributed by atoms with Crippen molar-refractivity contribution in [2.24, 2.45) is 5.41 Å². The Morgan fingerprint density at radius 1 is 0.490 bits per heavy atom. The summed E-state index contributed by atoms with van der Waals surface area (Å²) in [4.78, 5) is 20.6. The Balaban J connectivity index is 0. The van der Waals surface area contributed by atoms with Gasteiger partial charge in [-0.1, -0.05) is 33.6 Å². The van der Waals surface area contributed by atoms with Gasteiger partial charge < -0.3 is 33.1 Å². The average Bonchev–Trinajstić information content (AvgIpc) is 3.06. The minimum atomic E-state index is -1.05. The molecule has 0 aromatic rings. The van der Waals surface area contributed by atoms with E-state index in [9.17, 15) is 5.11 Å². The zero-order valence-corrected chi connectivity index (χ0v) is 36.9. The van der Waals surface area contributed by atoms with Crippen LogP contribution in [0.15, 0.2) is 0 Å². The van der Waals surface area contributed by atoms with Crippen molar-refractivity contribution in [3.63, 3.8) is 0 Å². The molecule has 0 amide bonds. The summed E-state index contributed by atoms with van der Waals surface area (Å²) in [6, 6.07) is 0.734. The van der Waals surface area contributed by atoms with Crippen LogP contribution < -0.4 is 0 Å². The molecule has 49 heavy (non-hydrogen) atoms. The van der Waals surface area contributed by atoms with Gasteiger partial charge in [0.1, 0.15) is 0 Å². The Hall–Kier alpha value is 1.31. The molecule has 0 aliphatic heterocycles. The number of aliphatic hydroxyl groups excluding tert-OH is 1. The number of aliphatic hydroxyl groups is 1. The van der Waals surface area contributed by atoms with Gasteiger partial charge in [0.05, 0.1) is 71.5 Å². The summed E-state index contributed by atoms with van der Waals surface area (Å²) < 4.78 is 39.1. The average molecular weight is 857 g/mol. The van der Waals surface area contributed by atoms with Gasteiger partial charge >= 0.3 is 0 Å². The van der Waals surface area contributed by atoms with Gasteiger partial charge in [0.15, 0.2) is 0 Å². The minimum absolute atomic E-state index is 0. The molecule has 0 aliphatic rings. The first-order valence-corrected chi connectivity index (χ1v) is 19.7. The van der Waals surface area contributed by atoms with Gasteiger partial charge in [0.2, 0.25) is 0 Å². The zero-order valence-electron chi connectivity index (χ0n) is 32.3. The predicted molar refractivity (Wildman–Crippen MR) is 191 cm³/mol. The maximum absolute atomic E-state index is 9.25. The fourth-order valence-corrected chi connectivity index (χ4v) is 6.25. The molecule has 293 valence electrons. The van der Waals surface area contributed by atoms with Crippen LogP contribution in [-0.2, 0) is 47.5 Å². The number of nitrogens with zero attached hydrogens (tertiary/aromatic N) is 1. The zero-order chi connectivity index (χ0) is 35.6. The summed E-state index contributed by atoms with van der Waals surface area (Å²) in [5.74, 6) is 0. The molecule has 0 rings (SSSR count). The summed E-state index contributed by atoms with van der Waals surface area (Å²) in [5.41, 5.74) is -0.489. The quantitative estimate of drug-likeness (QED) is 0.0290. The van der Waals surface area contributed by atoms with E-state index in [4.69, 9.17) is 47.5 Å². The van der Waals surface area contributed by atoms with Crippen LogP contribution >= 0.6 is 8.53 Å². The van der Waals surface area contributed by atoms with Crippen molar-refractivity contribution in [3.8, 4) is 0 Å². The molecule has 1 unspecified atom stereocenters. The number of ether oxygens (including phenoxy) is 4. The Morgan fingerprint density at radius 2 is 0.878 bits per heavy atom. The Labute approximate surface area is 334 Å². The molecular formula is C35H74NO11PPr. The first-order chi connectivity index (χ1) is 23.4. The molecule has 0 fully saturated rings. The van der Waals surface area contributed by atoms with Crippen molar-refractivity contribution in [1.29, 1.82) is 0 Å². The molecule has 12 nitrogen and oxygen atoms in total. The van der Waals surface area contributed by atoms with E-state index in [1.165, 1.54) is 0 Å². The summed E-state index contributed by atoms with van der Waals surface area (Å²) in [6.45, 7) is 22.4. The van der Waals surface area contributed by atoms with E-state index in [0.717, 1.165) is 44.9 Å². The standard InChI is InChI=1S/C35H74NO11P.Pr/c1-8-19-42-44-26-16-24-40-31-35(30-39-23-15-18-37,32-41-25-17-27-45-43-20-9-2)29-38-22-13-11-12-14-28-47-48(46-21-10-3)36(33(4)5)34(6)7;/h33-34,37H,8-32H2,1-7H3;. The van der Waals surface area contributed by atoms with Crippen molar-refractivity contribution in [2.75, 3.05) is 99.1 Å². The molecular weight excluding hydrogens is 782 g/mol. The number of rotatable bonds is 39. The number of unbranched alkanes of at least 4 members (excludes halogenated alkanes) is 3. The van der Waals surface area contributed by atoms with Crippen LogP contribution in [0.5, 0.6) is 0 Å². The van der Waals surface area contributed by atoms with E-state index in [2.05, 4.69) is 39.3 Å². The maximum atomic E-state index is 9.25. The van der Waals surface area contributed by atoms with Crippen LogP contribution in [0.25, 0.3) is 0 Å². The SMILES string of the molecule is CCCOOCCCOCC(COCCCO)(COCCCCCCOP(OCCC)N(C(C)C)C(C)C)COCCCOOCCC.[Pr]. The van der Waals surface area contributed by atoms with Gasteiger partial charge in [-0.3, -0.25) is 0 Å². The molecule has 0 aliphatic carbocycles. The van der Waals surface area contributed by atoms with Gasteiger partial charge in [0.25, 0.3) is 8.53 Å². The van der Waals surface area contributed by atoms with Crippen LogP contribution in [0.1, 0.15) is 113 Å². The molecule has 1 N–H and O–H groups in total. The summed E-state index contributed by atoms with van der Waals surface area (Å²) >= 11 is 0. The Morgan fingerprint density at radius 3 is 1.31 bits per heavy atom. The van der Waals surface area contributed by atoms with Crippen molar-refractivity contribution < 1.29 is 93.9 Å². The second-order valence-electron chi connectivity index (χ2n) is 12.7. The largest absolute Gasteiger partial charge is 0.396 e. The van der Waals surface area contributed by atoms with Crippen molar-refractivity contribution in [2.45, 2.75) is 125 Å². The molecule has 0 heterocycles. The summed E-state index contributed by atoms with van der Waals surface area (Å²) in [5, 5.41) is 9.25. The molecule has 0 bridgehead atoms. The molecule has 0 spiro atoms. The second-order valence-corrected chi connectivity index (χ2v) is 14.1. The van der Waals surface area contributed by atoms with Gasteiger partial charge in [-0.25, -0.2) is 24.2 Å². The van der Waals surface area contributed by atoms with Gasteiger partial charge in [0, 0.05) is 86.4 Å². The first kappa shape index (κ1) is 52.4. The molecule has 0 saturated carbocycles. The minimum Gasteiger partial charge on any atom is -0.396 e. The van der Waals surface area contributed by atoms with E-state index < -0.39 is 13.9 Å². The molecule has 0 aromatic carbocycles. The normalized spacial score (nSPS) is 12.8. The van der Waals surface area contributed by atoms with Crippen LogP contribution in [0.3, 0.4) is 0 Å². The van der Waals surface area contributed by atoms with Gasteiger partial charge in [-0.05, 0) is 79.1 Å². The van der Waals surface area contributed by atoms with E-state index in [1.54, 1.807) is 0 Å². The van der Waals surface area contributed by atoms with Crippen LogP contribution in [0.4, 0.5) is 0 Å². The van der Waals surface area contributed by atoms with Crippen LogP contribution in [0, 0.1) is 46.7 Å². The third kappa shape index (κ3) is 31.4. The van der Waals surface area contributed by atoms with E-state index in [1.807, 2.05) is 13.8 Å².